The summed E-state index contributed by atoms with van der Waals surface area (Å²) in [6.07, 6.45) is 0. The Labute approximate surface area is 207 Å². The van der Waals surface area contributed by atoms with Crippen LogP contribution in [0.5, 0.6) is 0 Å². The molecule has 0 aliphatic carbocycles. The number of amides is 1. The van der Waals surface area contributed by atoms with Crippen molar-refractivity contribution >= 4 is 61.5 Å². The van der Waals surface area contributed by atoms with Gasteiger partial charge in [-0.15, -0.1) is 11.3 Å². The second-order valence-corrected chi connectivity index (χ2v) is 10.5. The molecule has 2 N–H and O–H groups in total. The van der Waals surface area contributed by atoms with Crippen LogP contribution in [0.2, 0.25) is 0 Å². The van der Waals surface area contributed by atoms with Crippen molar-refractivity contribution in [3.05, 3.63) is 45.8 Å². The fourth-order valence-electron chi connectivity index (χ4n) is 2.74. The lowest BCUT2D eigenvalue weighted by Gasteiger charge is -2.12. The fraction of sp³-hybridized carbons (Fsp3) is 0.333. The Morgan fingerprint density at radius 1 is 1.03 bits per heavy atom. The number of hydrogen-bond donors (Lipinski definition) is 2. The van der Waals surface area contributed by atoms with E-state index < -0.39 is 27.9 Å². The Morgan fingerprint density at radius 3 is 2.12 bits per heavy atom. The van der Waals surface area contributed by atoms with Crippen LogP contribution in [0.3, 0.4) is 0 Å². The third-order valence-electron chi connectivity index (χ3n) is 4.44. The van der Waals surface area contributed by atoms with Gasteiger partial charge in [-0.1, -0.05) is 0 Å². The lowest BCUT2D eigenvalue weighted by atomic mass is 10.1. The second kappa shape index (κ2) is 11.5. The quantitative estimate of drug-likeness (QED) is 0.393. The van der Waals surface area contributed by atoms with Crippen molar-refractivity contribution in [3.8, 4) is 0 Å². The van der Waals surface area contributed by atoms with Gasteiger partial charge in [0.25, 0.3) is 5.91 Å². The van der Waals surface area contributed by atoms with Crippen LogP contribution < -0.4 is 10.6 Å². The Hall–Kier alpha value is -2.87. The molecule has 0 spiro atoms. The van der Waals surface area contributed by atoms with E-state index in [0.717, 1.165) is 15.6 Å². The maximum atomic E-state index is 12.6. The highest BCUT2D eigenvalue weighted by atomic mass is 32.2. The molecule has 10 nitrogen and oxygen atoms in total. The van der Waals surface area contributed by atoms with Crippen molar-refractivity contribution in [2.24, 2.45) is 0 Å². The number of hydrogen-bond acceptors (Lipinski definition) is 9. The van der Waals surface area contributed by atoms with Crippen LogP contribution in [0.4, 0.5) is 5.00 Å². The molecule has 0 radical (unpaired) electrons. The highest BCUT2D eigenvalue weighted by Gasteiger charge is 2.27. The standard InChI is InChI=1S/C21H25N3O7S3/c1-6-30-19(26)15-12(3)16(20(27)31-7-2)33-18(15)23-21(32)22-17(25)13-8-10-14(11-9-13)34(28,29)24(4)5/h8-11H,6-7H2,1-5H3,(H2,22,23,25,32). The average molecular weight is 528 g/mol. The molecule has 184 valence electrons. The third-order valence-corrected chi connectivity index (χ3v) is 7.66. The molecule has 13 heteroatoms. The third kappa shape index (κ3) is 6.17. The maximum absolute atomic E-state index is 12.6. The normalized spacial score (nSPS) is 11.1. The topological polar surface area (TPSA) is 131 Å². The van der Waals surface area contributed by atoms with Gasteiger partial charge in [-0.2, -0.15) is 0 Å². The van der Waals surface area contributed by atoms with Crippen LogP contribution in [0.15, 0.2) is 29.2 Å². The molecular formula is C21H25N3O7S3. The zero-order valence-electron chi connectivity index (χ0n) is 19.3. The molecule has 1 aromatic heterocycles. The number of thiophene rings is 1. The summed E-state index contributed by atoms with van der Waals surface area (Å²) in [6, 6.07) is 5.33. The summed E-state index contributed by atoms with van der Waals surface area (Å²) in [4.78, 5) is 37.5. The molecule has 0 fully saturated rings. The molecule has 2 rings (SSSR count). The minimum atomic E-state index is -3.63. The second-order valence-electron chi connectivity index (χ2n) is 6.92. The first kappa shape index (κ1) is 27.4. The van der Waals surface area contributed by atoms with E-state index in [2.05, 4.69) is 10.6 Å². The number of nitrogens with zero attached hydrogens (tertiary/aromatic N) is 1. The first-order valence-corrected chi connectivity index (χ1v) is 12.7. The summed E-state index contributed by atoms with van der Waals surface area (Å²) >= 11 is 6.15. The maximum Gasteiger partial charge on any atom is 0.348 e. The molecule has 1 aromatic carbocycles. The molecule has 1 amide bonds. The van der Waals surface area contributed by atoms with Gasteiger partial charge in [0, 0.05) is 19.7 Å². The average Bonchev–Trinajstić information content (AvgIpc) is 3.09. The number of nitrogens with one attached hydrogen (secondary N) is 2. The molecule has 0 saturated carbocycles. The summed E-state index contributed by atoms with van der Waals surface area (Å²) in [6.45, 7) is 5.20. The summed E-state index contributed by atoms with van der Waals surface area (Å²) in [5, 5.41) is 5.32. The number of carbonyl (C=O) groups excluding carboxylic acids is 3. The van der Waals surface area contributed by atoms with Crippen molar-refractivity contribution < 1.29 is 32.3 Å². The smallest absolute Gasteiger partial charge is 0.348 e. The first-order valence-electron chi connectivity index (χ1n) is 10.1. The molecule has 0 aliphatic heterocycles. The van der Waals surface area contributed by atoms with Crippen molar-refractivity contribution in [3.63, 3.8) is 0 Å². The van der Waals surface area contributed by atoms with Gasteiger partial charge in [0.05, 0.1) is 23.7 Å². The van der Waals surface area contributed by atoms with E-state index in [-0.39, 0.29) is 44.2 Å². The Balaban J connectivity index is 2.23. The molecule has 0 aliphatic rings. The SMILES string of the molecule is CCOC(=O)c1sc(NC(=S)NC(=O)c2ccc(S(=O)(=O)N(C)C)cc2)c(C(=O)OCC)c1C. The number of esters is 2. The van der Waals surface area contributed by atoms with E-state index in [9.17, 15) is 22.8 Å². The lowest BCUT2D eigenvalue weighted by Crippen LogP contribution is -2.34. The minimum Gasteiger partial charge on any atom is -0.462 e. The molecule has 0 bridgehead atoms. The van der Waals surface area contributed by atoms with Crippen molar-refractivity contribution in [1.29, 1.82) is 0 Å². The van der Waals surface area contributed by atoms with Gasteiger partial charge >= 0.3 is 11.9 Å². The number of anilines is 1. The number of thiocarbonyl (C=S) groups is 1. The van der Waals surface area contributed by atoms with Crippen LogP contribution in [0, 0.1) is 6.92 Å². The van der Waals surface area contributed by atoms with E-state index in [4.69, 9.17) is 21.7 Å². The van der Waals surface area contributed by atoms with Crippen molar-refractivity contribution in [2.45, 2.75) is 25.7 Å². The lowest BCUT2D eigenvalue weighted by molar-refractivity contribution is 0.0527. The fourth-order valence-corrected chi connectivity index (χ4v) is 4.99. The molecule has 1 heterocycles. The Morgan fingerprint density at radius 2 is 1.59 bits per heavy atom. The van der Waals surface area contributed by atoms with Crippen LogP contribution in [0.1, 0.15) is 49.8 Å². The minimum absolute atomic E-state index is 0.0365. The highest BCUT2D eigenvalue weighted by molar-refractivity contribution is 7.89. The van der Waals surface area contributed by atoms with E-state index in [0.29, 0.717) is 5.56 Å². The Kier molecular flexibility index (Phi) is 9.27. The van der Waals surface area contributed by atoms with Crippen LogP contribution in [0.25, 0.3) is 0 Å². The summed E-state index contributed by atoms with van der Waals surface area (Å²) in [5.74, 6) is -1.84. The largest absolute Gasteiger partial charge is 0.462 e. The zero-order valence-corrected chi connectivity index (χ0v) is 21.7. The Bertz CT molecular complexity index is 1200. The van der Waals surface area contributed by atoms with E-state index >= 15 is 0 Å². The summed E-state index contributed by atoms with van der Waals surface area (Å²) in [7, 11) is -0.817. The highest BCUT2D eigenvalue weighted by Crippen LogP contribution is 2.34. The molecule has 2 aromatic rings. The van der Waals surface area contributed by atoms with Crippen LogP contribution >= 0.6 is 23.6 Å². The predicted molar refractivity (Wildman–Crippen MR) is 132 cm³/mol. The summed E-state index contributed by atoms with van der Waals surface area (Å²) < 4.78 is 35.5. The molecule has 0 saturated heterocycles. The molecule has 34 heavy (non-hydrogen) atoms. The van der Waals surface area contributed by atoms with Gasteiger partial charge in [0.15, 0.2) is 5.11 Å². The van der Waals surface area contributed by atoms with Gasteiger partial charge in [-0.25, -0.2) is 22.3 Å². The molecule has 0 atom stereocenters. The number of sulfonamides is 1. The zero-order chi connectivity index (χ0) is 25.6. The summed E-state index contributed by atoms with van der Waals surface area (Å²) in [5.41, 5.74) is 0.656. The monoisotopic (exact) mass is 527 g/mol. The van der Waals surface area contributed by atoms with Gasteiger partial charge in [0.2, 0.25) is 10.0 Å². The number of benzene rings is 1. The molecular weight excluding hydrogens is 502 g/mol. The van der Waals surface area contributed by atoms with Crippen molar-refractivity contribution in [2.75, 3.05) is 32.6 Å². The van der Waals surface area contributed by atoms with E-state index in [1.807, 2.05) is 0 Å². The predicted octanol–water partition coefficient (Wildman–Crippen LogP) is 2.79. The number of carbonyl (C=O) groups is 3. The van der Waals surface area contributed by atoms with E-state index in [1.54, 1.807) is 20.8 Å². The number of rotatable bonds is 8. The van der Waals surface area contributed by atoms with Gasteiger partial charge < -0.3 is 14.8 Å². The van der Waals surface area contributed by atoms with Crippen LogP contribution in [-0.2, 0) is 19.5 Å². The molecule has 0 unspecified atom stereocenters. The van der Waals surface area contributed by atoms with Gasteiger partial charge in [-0.05, 0) is 62.8 Å². The van der Waals surface area contributed by atoms with E-state index in [1.165, 1.54) is 38.4 Å². The van der Waals surface area contributed by atoms with Crippen LogP contribution in [-0.4, -0.2) is 63.0 Å². The van der Waals surface area contributed by atoms with Gasteiger partial charge in [-0.3, -0.25) is 10.1 Å². The van der Waals surface area contributed by atoms with Crippen molar-refractivity contribution in [1.82, 2.24) is 9.62 Å². The number of ether oxygens (including phenoxy) is 2. The van der Waals surface area contributed by atoms with Gasteiger partial charge in [0.1, 0.15) is 9.88 Å². The first-order chi connectivity index (χ1) is 15.9.